The molecular formula is C12H13FN2. The number of rotatable bonds is 1. The number of benzene rings is 1. The lowest BCUT2D eigenvalue weighted by molar-refractivity contribution is 0.629. The van der Waals surface area contributed by atoms with E-state index in [1.54, 1.807) is 6.07 Å². The van der Waals surface area contributed by atoms with Gasteiger partial charge in [0.15, 0.2) is 0 Å². The van der Waals surface area contributed by atoms with Gasteiger partial charge < -0.3 is 5.73 Å². The second kappa shape index (κ2) is 3.50. The number of aryl methyl sites for hydroxylation is 1. The summed E-state index contributed by atoms with van der Waals surface area (Å²) in [5.74, 6) is -0.277. The average molecular weight is 204 g/mol. The molecule has 0 fully saturated rings. The first-order chi connectivity index (χ1) is 7.13. The number of halogens is 1. The maximum absolute atomic E-state index is 13.0. The van der Waals surface area contributed by atoms with E-state index < -0.39 is 0 Å². The molecule has 2 aromatic rings. The summed E-state index contributed by atoms with van der Waals surface area (Å²) in [7, 11) is 0. The highest BCUT2D eigenvalue weighted by Gasteiger charge is 2.08. The zero-order valence-corrected chi connectivity index (χ0v) is 8.84. The first kappa shape index (κ1) is 9.90. The molecule has 0 aliphatic carbocycles. The summed E-state index contributed by atoms with van der Waals surface area (Å²) < 4.78 is 13.0. The Labute approximate surface area is 87.9 Å². The van der Waals surface area contributed by atoms with Gasteiger partial charge in [-0.25, -0.2) is 4.39 Å². The van der Waals surface area contributed by atoms with Gasteiger partial charge >= 0.3 is 0 Å². The lowest BCUT2D eigenvalue weighted by Crippen LogP contribution is -2.00. The third kappa shape index (κ3) is 1.54. The predicted molar refractivity (Wildman–Crippen MR) is 60.2 cm³/mol. The predicted octanol–water partition coefficient (Wildman–Crippen LogP) is 2.83. The van der Waals surface area contributed by atoms with Gasteiger partial charge in [0.25, 0.3) is 0 Å². The van der Waals surface area contributed by atoms with Crippen LogP contribution in [0, 0.1) is 12.7 Å². The first-order valence-corrected chi connectivity index (χ1v) is 4.97. The van der Waals surface area contributed by atoms with Crippen molar-refractivity contribution in [2.75, 3.05) is 5.73 Å². The number of pyridine rings is 1. The fourth-order valence-electron chi connectivity index (χ4n) is 1.76. The highest BCUT2D eigenvalue weighted by Crippen LogP contribution is 2.25. The van der Waals surface area contributed by atoms with E-state index in [0.29, 0.717) is 11.2 Å². The summed E-state index contributed by atoms with van der Waals surface area (Å²) in [4.78, 5) is 4.39. The van der Waals surface area contributed by atoms with Crippen molar-refractivity contribution in [3.05, 3.63) is 35.3 Å². The number of nitrogens with two attached hydrogens (primary N) is 1. The molecule has 0 aliphatic heterocycles. The van der Waals surface area contributed by atoms with Crippen LogP contribution in [0.2, 0.25) is 0 Å². The zero-order valence-electron chi connectivity index (χ0n) is 8.84. The van der Waals surface area contributed by atoms with Gasteiger partial charge in [0, 0.05) is 22.8 Å². The lowest BCUT2D eigenvalue weighted by Gasteiger charge is -2.09. The van der Waals surface area contributed by atoms with Crippen LogP contribution in [0.1, 0.15) is 18.2 Å². The summed E-state index contributed by atoms with van der Waals surface area (Å²) >= 11 is 0. The van der Waals surface area contributed by atoms with Crippen molar-refractivity contribution < 1.29 is 4.39 Å². The standard InChI is InChI=1S/C12H13FN2/c1-3-10-7(2)12(14)9-5-4-8(13)6-11(9)15-10/h4-6H,3H2,1-2H3,(H2,14,15). The topological polar surface area (TPSA) is 38.9 Å². The van der Waals surface area contributed by atoms with Crippen molar-refractivity contribution in [1.29, 1.82) is 0 Å². The number of anilines is 1. The zero-order chi connectivity index (χ0) is 11.0. The molecule has 15 heavy (non-hydrogen) atoms. The van der Waals surface area contributed by atoms with Crippen LogP contribution in [0.3, 0.4) is 0 Å². The van der Waals surface area contributed by atoms with E-state index >= 15 is 0 Å². The molecule has 0 atom stereocenters. The minimum Gasteiger partial charge on any atom is -0.398 e. The molecule has 0 saturated heterocycles. The Bertz CT molecular complexity index is 521. The lowest BCUT2D eigenvalue weighted by atomic mass is 10.1. The Kier molecular flexibility index (Phi) is 2.31. The van der Waals surface area contributed by atoms with Crippen LogP contribution in [-0.4, -0.2) is 4.98 Å². The van der Waals surface area contributed by atoms with Gasteiger partial charge in [0.2, 0.25) is 0 Å². The highest BCUT2D eigenvalue weighted by molar-refractivity contribution is 5.92. The van der Waals surface area contributed by atoms with Crippen LogP contribution in [-0.2, 0) is 6.42 Å². The summed E-state index contributed by atoms with van der Waals surface area (Å²) in [6.45, 7) is 3.96. The summed E-state index contributed by atoms with van der Waals surface area (Å²) in [6, 6.07) is 4.51. The average Bonchev–Trinajstić information content (AvgIpc) is 2.23. The molecule has 0 amide bonds. The molecule has 0 spiro atoms. The molecule has 2 nitrogen and oxygen atoms in total. The highest BCUT2D eigenvalue weighted by atomic mass is 19.1. The van der Waals surface area contributed by atoms with E-state index in [1.807, 2.05) is 13.8 Å². The van der Waals surface area contributed by atoms with Gasteiger partial charge in [-0.1, -0.05) is 6.92 Å². The van der Waals surface area contributed by atoms with Crippen molar-refractivity contribution in [2.45, 2.75) is 20.3 Å². The van der Waals surface area contributed by atoms with Gasteiger partial charge in [-0.05, 0) is 31.0 Å². The Morgan fingerprint density at radius 1 is 1.40 bits per heavy atom. The fraction of sp³-hybridized carbons (Fsp3) is 0.250. The smallest absolute Gasteiger partial charge is 0.125 e. The largest absolute Gasteiger partial charge is 0.398 e. The van der Waals surface area contributed by atoms with Crippen molar-refractivity contribution in [2.24, 2.45) is 0 Å². The number of aromatic nitrogens is 1. The molecule has 0 unspecified atom stereocenters. The molecule has 1 heterocycles. The van der Waals surface area contributed by atoms with Crippen LogP contribution < -0.4 is 5.73 Å². The van der Waals surface area contributed by atoms with Crippen LogP contribution in [0.4, 0.5) is 10.1 Å². The maximum atomic E-state index is 13.0. The van der Waals surface area contributed by atoms with E-state index in [9.17, 15) is 4.39 Å². The third-order valence-corrected chi connectivity index (χ3v) is 2.68. The number of hydrogen-bond acceptors (Lipinski definition) is 2. The van der Waals surface area contributed by atoms with Crippen LogP contribution >= 0.6 is 0 Å². The Hall–Kier alpha value is -1.64. The van der Waals surface area contributed by atoms with E-state index in [0.717, 1.165) is 23.1 Å². The second-order valence-electron chi connectivity index (χ2n) is 3.61. The molecule has 1 aromatic heterocycles. The van der Waals surface area contributed by atoms with Gasteiger partial charge in [-0.15, -0.1) is 0 Å². The molecular weight excluding hydrogens is 191 g/mol. The molecule has 1 aromatic carbocycles. The molecule has 78 valence electrons. The molecule has 0 saturated carbocycles. The Morgan fingerprint density at radius 3 is 2.80 bits per heavy atom. The summed E-state index contributed by atoms with van der Waals surface area (Å²) in [6.07, 6.45) is 0.808. The first-order valence-electron chi connectivity index (χ1n) is 4.97. The molecule has 0 bridgehead atoms. The second-order valence-corrected chi connectivity index (χ2v) is 3.61. The van der Waals surface area contributed by atoms with E-state index in [4.69, 9.17) is 5.73 Å². The summed E-state index contributed by atoms with van der Waals surface area (Å²) in [5, 5.41) is 0.825. The summed E-state index contributed by atoms with van der Waals surface area (Å²) in [5.41, 5.74) is 9.25. The Balaban J connectivity index is 2.84. The molecule has 0 radical (unpaired) electrons. The van der Waals surface area contributed by atoms with Gasteiger partial charge in [-0.3, -0.25) is 4.98 Å². The molecule has 3 heteroatoms. The van der Waals surface area contributed by atoms with E-state index in [2.05, 4.69) is 4.98 Å². The number of fused-ring (bicyclic) bond motifs is 1. The number of nitrogen functional groups attached to an aromatic ring is 1. The van der Waals surface area contributed by atoms with Crippen molar-refractivity contribution in [3.8, 4) is 0 Å². The molecule has 2 rings (SSSR count). The van der Waals surface area contributed by atoms with Crippen LogP contribution in [0.15, 0.2) is 18.2 Å². The number of nitrogens with zero attached hydrogens (tertiary/aromatic N) is 1. The van der Waals surface area contributed by atoms with Crippen molar-refractivity contribution >= 4 is 16.6 Å². The third-order valence-electron chi connectivity index (χ3n) is 2.68. The van der Waals surface area contributed by atoms with Crippen molar-refractivity contribution in [1.82, 2.24) is 4.98 Å². The SMILES string of the molecule is CCc1nc2cc(F)ccc2c(N)c1C. The van der Waals surface area contributed by atoms with Gasteiger partial charge in [0.1, 0.15) is 5.82 Å². The van der Waals surface area contributed by atoms with E-state index in [1.165, 1.54) is 12.1 Å². The molecule has 0 aliphatic rings. The van der Waals surface area contributed by atoms with Crippen LogP contribution in [0.5, 0.6) is 0 Å². The normalized spacial score (nSPS) is 10.9. The van der Waals surface area contributed by atoms with Gasteiger partial charge in [0.05, 0.1) is 5.52 Å². The quantitative estimate of drug-likeness (QED) is 0.775. The maximum Gasteiger partial charge on any atom is 0.125 e. The van der Waals surface area contributed by atoms with Gasteiger partial charge in [-0.2, -0.15) is 0 Å². The minimum atomic E-state index is -0.277. The fourth-order valence-corrected chi connectivity index (χ4v) is 1.76. The Morgan fingerprint density at radius 2 is 2.13 bits per heavy atom. The minimum absolute atomic E-state index is 0.277. The van der Waals surface area contributed by atoms with Crippen LogP contribution in [0.25, 0.3) is 10.9 Å². The van der Waals surface area contributed by atoms with Crippen molar-refractivity contribution in [3.63, 3.8) is 0 Å². The monoisotopic (exact) mass is 204 g/mol. The number of hydrogen-bond donors (Lipinski definition) is 1. The van der Waals surface area contributed by atoms with E-state index in [-0.39, 0.29) is 5.82 Å². The molecule has 2 N–H and O–H groups in total.